The van der Waals surface area contributed by atoms with Gasteiger partial charge in [-0.05, 0) is 57.8 Å². The molecular formula is C64H116N8O16. The number of unbranched alkanes of at least 4 members (excludes halogenated alkanes) is 19. The summed E-state index contributed by atoms with van der Waals surface area (Å²) in [4.78, 5) is 156. The molecule has 0 bridgehead atoms. The van der Waals surface area contributed by atoms with Crippen LogP contribution in [0, 0.1) is 0 Å². The summed E-state index contributed by atoms with van der Waals surface area (Å²) in [7, 11) is 7.45. The Hall–Kier alpha value is -6.62. The normalized spacial score (nSPS) is 11.6. The average Bonchev–Trinajstić information content (AvgIpc) is 3.49. The van der Waals surface area contributed by atoms with Gasteiger partial charge in [0.2, 0.25) is 47.3 Å². The van der Waals surface area contributed by atoms with E-state index in [4.69, 9.17) is 5.11 Å². The SMILES string of the molecule is CCCCCCCCCCCCCC(=O)CCCCC[C@H](NC(C)=O)C(=O)NC.CNC(=O)[C@H](CCCCCC(=O)CCC(=O)O)NC(C)=O.CNC(=O)[C@H](CCCCCC(=O)CCC(=O)OC)NC(C)=O.CNC(=O)[C@H](CCCCCC=O)NC(C)=O. The van der Waals surface area contributed by atoms with Crippen LogP contribution in [0.5, 0.6) is 0 Å². The van der Waals surface area contributed by atoms with Crippen molar-refractivity contribution in [2.75, 3.05) is 35.3 Å². The van der Waals surface area contributed by atoms with Crippen molar-refractivity contribution in [2.45, 2.75) is 290 Å². The molecule has 0 aromatic heterocycles. The van der Waals surface area contributed by atoms with Gasteiger partial charge in [-0.2, -0.15) is 0 Å². The van der Waals surface area contributed by atoms with Crippen LogP contribution in [0.4, 0.5) is 0 Å². The number of amides is 8. The highest BCUT2D eigenvalue weighted by Gasteiger charge is 2.21. The molecule has 0 aliphatic carbocycles. The van der Waals surface area contributed by atoms with Crippen molar-refractivity contribution in [1.82, 2.24) is 42.5 Å². The molecule has 0 rings (SSSR count). The number of ether oxygens (including phenoxy) is 1. The Bertz CT molecular complexity index is 2000. The van der Waals surface area contributed by atoms with E-state index < -0.39 is 30.1 Å². The molecule has 24 nitrogen and oxygen atoms in total. The summed E-state index contributed by atoms with van der Waals surface area (Å²) in [5.41, 5.74) is 0. The van der Waals surface area contributed by atoms with Crippen LogP contribution >= 0.6 is 0 Å². The number of carboxylic acid groups (broad SMARTS) is 1. The van der Waals surface area contributed by atoms with E-state index in [9.17, 15) is 67.1 Å². The quantitative estimate of drug-likeness (QED) is 0.0165. The minimum Gasteiger partial charge on any atom is -0.481 e. The van der Waals surface area contributed by atoms with Gasteiger partial charge < -0.3 is 57.2 Å². The Kier molecular flexibility index (Phi) is 61.9. The third kappa shape index (κ3) is 61.0. The predicted octanol–water partition coefficient (Wildman–Crippen LogP) is 7.18. The number of hydrogen-bond acceptors (Lipinski definition) is 15. The van der Waals surface area contributed by atoms with Gasteiger partial charge in [-0.15, -0.1) is 0 Å². The van der Waals surface area contributed by atoms with E-state index in [1.54, 1.807) is 14.1 Å². The van der Waals surface area contributed by atoms with Gasteiger partial charge in [-0.25, -0.2) is 0 Å². The van der Waals surface area contributed by atoms with Crippen LogP contribution in [-0.4, -0.2) is 147 Å². The third-order valence-corrected chi connectivity index (χ3v) is 13.9. The summed E-state index contributed by atoms with van der Waals surface area (Å²) in [6.07, 6.45) is 30.0. The Balaban J connectivity index is -0.000000546. The lowest BCUT2D eigenvalue weighted by Gasteiger charge is -2.15. The topological polar surface area (TPSA) is 365 Å². The molecule has 88 heavy (non-hydrogen) atoms. The molecule has 0 aromatic carbocycles. The van der Waals surface area contributed by atoms with Crippen LogP contribution in [-0.2, 0) is 71.9 Å². The highest BCUT2D eigenvalue weighted by molar-refractivity contribution is 5.89. The molecule has 0 aliphatic heterocycles. The fourth-order valence-electron chi connectivity index (χ4n) is 9.00. The molecule has 8 amide bonds. The number of methoxy groups -OCH3 is 1. The first kappa shape index (κ1) is 87.8. The summed E-state index contributed by atoms with van der Waals surface area (Å²) in [6, 6.07) is -2.00. The van der Waals surface area contributed by atoms with Crippen LogP contribution in [0.1, 0.15) is 266 Å². The van der Waals surface area contributed by atoms with E-state index in [1.807, 2.05) is 0 Å². The van der Waals surface area contributed by atoms with Gasteiger partial charge in [-0.1, -0.05) is 122 Å². The van der Waals surface area contributed by atoms with E-state index in [1.165, 1.54) is 113 Å². The maximum atomic E-state index is 12.0. The average molecular weight is 1250 g/mol. The van der Waals surface area contributed by atoms with Crippen molar-refractivity contribution in [3.63, 3.8) is 0 Å². The molecule has 0 aromatic rings. The zero-order chi connectivity index (χ0) is 67.3. The minimum absolute atomic E-state index is 0.0371. The summed E-state index contributed by atoms with van der Waals surface area (Å²) in [6.45, 7) is 7.80. The summed E-state index contributed by atoms with van der Waals surface area (Å²) in [5, 5.41) is 29.0. The molecule has 0 saturated heterocycles. The fraction of sp³-hybridized carbons (Fsp3) is 0.781. The van der Waals surface area contributed by atoms with Crippen molar-refractivity contribution < 1.29 is 77.0 Å². The van der Waals surface area contributed by atoms with Gasteiger partial charge in [0.1, 0.15) is 47.8 Å². The number of carbonyl (C=O) groups is 14. The molecule has 24 heteroatoms. The Morgan fingerprint density at radius 2 is 0.602 bits per heavy atom. The Morgan fingerprint density at radius 1 is 0.352 bits per heavy atom. The first-order chi connectivity index (χ1) is 41.9. The first-order valence-corrected chi connectivity index (χ1v) is 32.1. The van der Waals surface area contributed by atoms with Gasteiger partial charge in [0.05, 0.1) is 20.0 Å². The maximum absolute atomic E-state index is 12.0. The second kappa shape index (κ2) is 62.0. The van der Waals surface area contributed by atoms with Crippen LogP contribution in [0.25, 0.3) is 0 Å². The zero-order valence-corrected chi connectivity index (χ0v) is 55.4. The van der Waals surface area contributed by atoms with Crippen molar-refractivity contribution in [3.05, 3.63) is 0 Å². The lowest BCUT2D eigenvalue weighted by molar-refractivity contribution is -0.142. The van der Waals surface area contributed by atoms with Gasteiger partial charge in [0, 0.05) is 101 Å². The van der Waals surface area contributed by atoms with E-state index in [0.717, 1.165) is 70.5 Å². The summed E-state index contributed by atoms with van der Waals surface area (Å²) >= 11 is 0. The lowest BCUT2D eigenvalue weighted by Crippen LogP contribution is -2.44. The van der Waals surface area contributed by atoms with Crippen molar-refractivity contribution >= 4 is 82.8 Å². The predicted molar refractivity (Wildman–Crippen MR) is 339 cm³/mol. The highest BCUT2D eigenvalue weighted by Crippen LogP contribution is 2.15. The van der Waals surface area contributed by atoms with E-state index >= 15 is 0 Å². The lowest BCUT2D eigenvalue weighted by atomic mass is 10.0. The monoisotopic (exact) mass is 1250 g/mol. The van der Waals surface area contributed by atoms with Crippen molar-refractivity contribution in [3.8, 4) is 0 Å². The zero-order valence-electron chi connectivity index (χ0n) is 55.4. The van der Waals surface area contributed by atoms with Crippen LogP contribution < -0.4 is 42.5 Å². The number of ketones is 3. The molecule has 0 saturated carbocycles. The third-order valence-electron chi connectivity index (χ3n) is 13.9. The number of carboxylic acids is 1. The largest absolute Gasteiger partial charge is 0.481 e. The maximum Gasteiger partial charge on any atom is 0.305 e. The van der Waals surface area contributed by atoms with E-state index in [0.29, 0.717) is 82.8 Å². The van der Waals surface area contributed by atoms with Crippen molar-refractivity contribution in [1.29, 1.82) is 0 Å². The molecule has 9 N–H and O–H groups in total. The number of likely N-dealkylation sites (N-methyl/N-ethyl adjacent to an activating group) is 4. The number of aliphatic carboxylic acids is 1. The van der Waals surface area contributed by atoms with E-state index in [-0.39, 0.29) is 90.5 Å². The number of rotatable bonds is 50. The van der Waals surface area contributed by atoms with Crippen LogP contribution in [0.3, 0.4) is 0 Å². The summed E-state index contributed by atoms with van der Waals surface area (Å²) in [5.74, 6) is -2.68. The molecule has 0 heterocycles. The molecule has 508 valence electrons. The van der Waals surface area contributed by atoms with Gasteiger partial charge in [0.25, 0.3) is 0 Å². The number of carbonyl (C=O) groups excluding carboxylic acids is 13. The molecule has 0 radical (unpaired) electrons. The second-order valence-electron chi connectivity index (χ2n) is 21.9. The number of hydrogen-bond donors (Lipinski definition) is 9. The number of nitrogens with one attached hydrogen (secondary N) is 8. The van der Waals surface area contributed by atoms with Gasteiger partial charge >= 0.3 is 11.9 Å². The standard InChI is InChI=1S/C24H46N2O3.C15H26N2O5.C14H24N2O5.C11H20N2O3/c1-4-5-6-7-8-9-10-11-12-13-15-18-22(28)19-16-14-17-20-23(24(29)25-3)26-21(2)27;1-11(18)17-13(15(21)16-2)8-6-4-5-7-12(19)9-10-14(20)22-3;1-10(17)16-12(14(21)15-2)7-5-3-4-6-11(18)8-9-13(19)20;1-9(15)13-10(11(16)12-2)7-5-3-4-6-8-14/h23H,4-20H2,1-3H3,(H,25,29)(H,26,27);13H,4-10H2,1-3H3,(H,16,21)(H,17,18);12H,3-9H2,1-2H3,(H,15,21)(H,16,17)(H,19,20);8,10H,3-7H2,1-2H3,(H,12,16)(H,13,15)/t23-;13-;12-;10-/m0000/s1. The summed E-state index contributed by atoms with van der Waals surface area (Å²) < 4.78 is 4.47. The Morgan fingerprint density at radius 3 is 0.852 bits per heavy atom. The molecule has 0 aliphatic rings. The highest BCUT2D eigenvalue weighted by atomic mass is 16.5. The number of esters is 1. The van der Waals surface area contributed by atoms with Crippen molar-refractivity contribution in [2.24, 2.45) is 0 Å². The molecule has 0 spiro atoms. The number of aldehydes is 1. The van der Waals surface area contributed by atoms with Gasteiger partial charge in [0.15, 0.2) is 0 Å². The smallest absolute Gasteiger partial charge is 0.305 e. The second-order valence-corrected chi connectivity index (χ2v) is 21.9. The number of Topliss-reactive ketones (excluding diaryl/α,β-unsaturated/α-hetero) is 3. The molecule has 4 atom stereocenters. The molecular weight excluding hydrogens is 1140 g/mol. The van der Waals surface area contributed by atoms with Gasteiger partial charge in [-0.3, -0.25) is 62.3 Å². The van der Waals surface area contributed by atoms with E-state index in [2.05, 4.69) is 54.2 Å². The fourth-order valence-corrected chi connectivity index (χ4v) is 9.00. The van der Waals surface area contributed by atoms with Crippen LogP contribution in [0.2, 0.25) is 0 Å². The molecule has 0 unspecified atom stereocenters. The Labute approximate surface area is 525 Å². The minimum atomic E-state index is -0.966. The van der Waals surface area contributed by atoms with Crippen LogP contribution in [0.15, 0.2) is 0 Å². The molecule has 0 fully saturated rings. The first-order valence-electron chi connectivity index (χ1n) is 32.1.